The van der Waals surface area contributed by atoms with Crippen LogP contribution in [0.4, 0.5) is 14.5 Å². The van der Waals surface area contributed by atoms with Crippen LogP contribution in [-0.4, -0.2) is 18.4 Å². The van der Waals surface area contributed by atoms with E-state index in [1.165, 1.54) is 63.5 Å². The van der Waals surface area contributed by atoms with Crippen molar-refractivity contribution in [3.8, 4) is 0 Å². The van der Waals surface area contributed by atoms with Crippen LogP contribution in [0.5, 0.6) is 0 Å². The maximum Gasteiger partial charge on any atom is 0.220 e. The van der Waals surface area contributed by atoms with E-state index in [4.69, 9.17) is 0 Å². The molecule has 35 heavy (non-hydrogen) atoms. The van der Waals surface area contributed by atoms with Crippen molar-refractivity contribution >= 4 is 18.0 Å². The van der Waals surface area contributed by atoms with E-state index in [0.29, 0.717) is 28.2 Å². The van der Waals surface area contributed by atoms with Crippen LogP contribution in [0.25, 0.3) is 0 Å². The highest BCUT2D eigenvalue weighted by molar-refractivity contribution is 5.77. The first kappa shape index (κ1) is 26.1. The normalized spacial score (nSPS) is 37.7. The van der Waals surface area contributed by atoms with E-state index in [1.54, 1.807) is 0 Å². The molecule has 1 heterocycles. The quantitative estimate of drug-likeness (QED) is 0.448. The van der Waals surface area contributed by atoms with Gasteiger partial charge in [0.25, 0.3) is 0 Å². The maximum absolute atomic E-state index is 12.6. The molecule has 5 aliphatic rings. The van der Waals surface area contributed by atoms with Gasteiger partial charge in [-0.3, -0.25) is 9.59 Å². The molecule has 194 valence electrons. The highest BCUT2D eigenvalue weighted by Crippen LogP contribution is 2.72. The molecule has 5 fully saturated rings. The van der Waals surface area contributed by atoms with Crippen molar-refractivity contribution in [1.29, 1.82) is 0 Å². The van der Waals surface area contributed by atoms with E-state index in [9.17, 15) is 18.4 Å². The Morgan fingerprint density at radius 3 is 2.46 bits per heavy atom. The third-order valence-corrected chi connectivity index (χ3v) is 10.2. The number of halogens is 2. The molecule has 1 spiro atoms. The van der Waals surface area contributed by atoms with Crippen molar-refractivity contribution in [2.45, 2.75) is 97.9 Å². The summed E-state index contributed by atoms with van der Waals surface area (Å²) in [5.41, 5.74) is 1.38. The highest BCUT2D eigenvalue weighted by Gasteiger charge is 2.67. The standard InChI is InChI=1S/C20H31NO.C7H5F2NO.C2H6/c1-18-7-3-4-14(18)13-12-20(10-11-20)17-19(2,15(13)5-8-18)9-6-16(22)21-17;8-5-2-1-3-6(7(5)9)10-4-11;1-2/h13-15,17H,3-12H2,1-2H3,(H,21,22);1-4H,(H,10,11);1-2H3/t13?,14?,15?,17?,18-,19+;;/m0../s1. The SMILES string of the molecule is CC.C[C@@]12CCCC1C1CC3(CC3)C3NC(=O)CC[C@]3(C)C1CC2.O=CNc1cccc(F)c1F. The Morgan fingerprint density at radius 2 is 1.77 bits per heavy atom. The monoisotopic (exact) mass is 488 g/mol. The van der Waals surface area contributed by atoms with Gasteiger partial charge in [-0.25, -0.2) is 8.78 Å². The molecule has 4 nitrogen and oxygen atoms in total. The number of hydrogen-bond donors (Lipinski definition) is 2. The molecule has 1 aliphatic heterocycles. The van der Waals surface area contributed by atoms with Crippen molar-refractivity contribution in [3.05, 3.63) is 29.8 Å². The van der Waals surface area contributed by atoms with E-state index >= 15 is 0 Å². The summed E-state index contributed by atoms with van der Waals surface area (Å²) in [6, 6.07) is 4.05. The van der Waals surface area contributed by atoms with Gasteiger partial charge in [0, 0.05) is 12.5 Å². The number of piperidine rings is 1. The van der Waals surface area contributed by atoms with Gasteiger partial charge in [-0.1, -0.05) is 40.2 Å². The van der Waals surface area contributed by atoms with Gasteiger partial charge in [0.15, 0.2) is 11.6 Å². The molecule has 6 heteroatoms. The van der Waals surface area contributed by atoms with Crippen LogP contribution in [0.3, 0.4) is 0 Å². The molecule has 0 radical (unpaired) electrons. The fraction of sp³-hybridized carbons (Fsp3) is 0.724. The zero-order chi connectivity index (χ0) is 25.4. The van der Waals surface area contributed by atoms with Crippen molar-refractivity contribution in [2.24, 2.45) is 34.0 Å². The Kier molecular flexibility index (Phi) is 7.32. The number of carbonyl (C=O) groups excluding carboxylic acids is 2. The first-order valence-corrected chi connectivity index (χ1v) is 13.7. The van der Waals surface area contributed by atoms with Crippen molar-refractivity contribution in [1.82, 2.24) is 5.32 Å². The van der Waals surface area contributed by atoms with Crippen LogP contribution in [0.15, 0.2) is 18.2 Å². The Bertz CT molecular complexity index is 949. The van der Waals surface area contributed by atoms with Crippen LogP contribution in [0.2, 0.25) is 0 Å². The molecule has 1 aromatic carbocycles. The summed E-state index contributed by atoms with van der Waals surface area (Å²) in [6.07, 6.45) is 13.7. The summed E-state index contributed by atoms with van der Waals surface area (Å²) < 4.78 is 25.0. The lowest BCUT2D eigenvalue weighted by molar-refractivity contribution is -0.145. The lowest BCUT2D eigenvalue weighted by Crippen LogP contribution is -2.64. The zero-order valence-corrected chi connectivity index (χ0v) is 21.8. The van der Waals surface area contributed by atoms with Gasteiger partial charge < -0.3 is 10.6 Å². The summed E-state index contributed by atoms with van der Waals surface area (Å²) >= 11 is 0. The summed E-state index contributed by atoms with van der Waals surface area (Å²) in [7, 11) is 0. The molecule has 6 rings (SSSR count). The van der Waals surface area contributed by atoms with Gasteiger partial charge in [0.2, 0.25) is 12.3 Å². The number of fused-ring (bicyclic) bond motifs is 6. The molecule has 6 atom stereocenters. The minimum Gasteiger partial charge on any atom is -0.352 e. The van der Waals surface area contributed by atoms with Crippen LogP contribution >= 0.6 is 0 Å². The minimum atomic E-state index is -1.04. The summed E-state index contributed by atoms with van der Waals surface area (Å²) in [5.74, 6) is 1.13. The number of rotatable bonds is 2. The molecule has 4 unspecified atom stereocenters. The molecule has 1 aromatic rings. The van der Waals surface area contributed by atoms with Gasteiger partial charge in [-0.15, -0.1) is 0 Å². The number of hydrogen-bond acceptors (Lipinski definition) is 2. The average molecular weight is 489 g/mol. The molecule has 0 aromatic heterocycles. The largest absolute Gasteiger partial charge is 0.352 e. The first-order chi connectivity index (χ1) is 16.7. The third kappa shape index (κ3) is 4.51. The second-order valence-corrected chi connectivity index (χ2v) is 11.9. The van der Waals surface area contributed by atoms with E-state index in [1.807, 2.05) is 19.2 Å². The predicted molar refractivity (Wildman–Crippen MR) is 135 cm³/mol. The Hall–Kier alpha value is -1.98. The fourth-order valence-corrected chi connectivity index (χ4v) is 8.48. The van der Waals surface area contributed by atoms with Gasteiger partial charge in [-0.05, 0) is 97.5 Å². The number of amides is 2. The van der Waals surface area contributed by atoms with E-state index in [2.05, 4.69) is 19.2 Å². The van der Waals surface area contributed by atoms with Gasteiger partial charge >= 0.3 is 0 Å². The Morgan fingerprint density at radius 1 is 1.03 bits per heavy atom. The second-order valence-electron chi connectivity index (χ2n) is 11.9. The van der Waals surface area contributed by atoms with Crippen molar-refractivity contribution in [3.63, 3.8) is 0 Å². The van der Waals surface area contributed by atoms with Crippen LogP contribution in [0.1, 0.15) is 91.9 Å². The number of benzene rings is 1. The second kappa shape index (κ2) is 9.82. The first-order valence-electron chi connectivity index (χ1n) is 13.7. The van der Waals surface area contributed by atoms with E-state index in [-0.39, 0.29) is 12.1 Å². The Balaban J connectivity index is 0.000000189. The van der Waals surface area contributed by atoms with E-state index in [0.717, 1.165) is 36.7 Å². The van der Waals surface area contributed by atoms with Crippen LogP contribution in [-0.2, 0) is 9.59 Å². The fourth-order valence-electron chi connectivity index (χ4n) is 8.48. The number of anilines is 1. The molecule has 2 N–H and O–H groups in total. The Labute approximate surface area is 209 Å². The summed E-state index contributed by atoms with van der Waals surface area (Å²) in [5, 5.41) is 5.50. The molecular formula is C29H42F2N2O2. The third-order valence-electron chi connectivity index (χ3n) is 10.2. The minimum absolute atomic E-state index is 0.153. The molecule has 4 aliphatic carbocycles. The zero-order valence-electron chi connectivity index (χ0n) is 21.8. The molecule has 0 bridgehead atoms. The topological polar surface area (TPSA) is 58.2 Å². The van der Waals surface area contributed by atoms with Crippen LogP contribution in [0, 0.1) is 45.6 Å². The van der Waals surface area contributed by atoms with Crippen molar-refractivity contribution < 1.29 is 18.4 Å². The summed E-state index contributed by atoms with van der Waals surface area (Å²) in [6.45, 7) is 9.14. The number of carbonyl (C=O) groups is 2. The van der Waals surface area contributed by atoms with Gasteiger partial charge in [-0.2, -0.15) is 0 Å². The summed E-state index contributed by atoms with van der Waals surface area (Å²) in [4.78, 5) is 21.9. The predicted octanol–water partition coefficient (Wildman–Crippen LogP) is 6.85. The highest BCUT2D eigenvalue weighted by atomic mass is 19.2. The van der Waals surface area contributed by atoms with E-state index < -0.39 is 11.6 Å². The van der Waals surface area contributed by atoms with Crippen molar-refractivity contribution in [2.75, 3.05) is 5.32 Å². The average Bonchev–Trinajstić information content (AvgIpc) is 3.50. The van der Waals surface area contributed by atoms with Gasteiger partial charge in [0.1, 0.15) is 0 Å². The molecule has 4 saturated carbocycles. The molecule has 1 saturated heterocycles. The molecule has 2 amide bonds. The van der Waals surface area contributed by atoms with Gasteiger partial charge in [0.05, 0.1) is 5.69 Å². The smallest absolute Gasteiger partial charge is 0.220 e. The lowest BCUT2D eigenvalue weighted by Gasteiger charge is -2.62. The maximum atomic E-state index is 12.6. The van der Waals surface area contributed by atoms with Crippen LogP contribution < -0.4 is 10.6 Å². The molecular weight excluding hydrogens is 446 g/mol. The number of nitrogens with one attached hydrogen (secondary N) is 2. The lowest BCUT2D eigenvalue weighted by atomic mass is 9.45.